The predicted molar refractivity (Wildman–Crippen MR) is 118 cm³/mol. The first kappa shape index (κ1) is 23.3. The van der Waals surface area contributed by atoms with Crippen LogP contribution in [0.3, 0.4) is 0 Å². The second kappa shape index (κ2) is 8.50. The van der Waals surface area contributed by atoms with Crippen molar-refractivity contribution >= 4 is 11.7 Å². The number of anilines is 1. The van der Waals surface area contributed by atoms with Crippen molar-refractivity contribution < 1.29 is 18.0 Å². The second-order valence-corrected chi connectivity index (χ2v) is 11.2. The Morgan fingerprint density at radius 2 is 1.91 bits per heavy atom. The Morgan fingerprint density at radius 3 is 2.53 bits per heavy atom. The molecular weight excluding hydrogens is 417 g/mol. The van der Waals surface area contributed by atoms with Gasteiger partial charge >= 0.3 is 6.18 Å². The summed E-state index contributed by atoms with van der Waals surface area (Å²) in [5.41, 5.74) is 5.47. The predicted octanol–water partition coefficient (Wildman–Crippen LogP) is 4.32. The fourth-order valence-corrected chi connectivity index (χ4v) is 5.50. The van der Waals surface area contributed by atoms with Crippen LogP contribution in [0.25, 0.3) is 0 Å². The van der Waals surface area contributed by atoms with Gasteiger partial charge in [0.1, 0.15) is 11.5 Å². The number of nitrogens with zero attached hydrogens (tertiary/aromatic N) is 3. The van der Waals surface area contributed by atoms with E-state index in [2.05, 4.69) is 25.8 Å². The number of halogens is 3. The van der Waals surface area contributed by atoms with Gasteiger partial charge in [0, 0.05) is 31.6 Å². The monoisotopic (exact) mass is 452 g/mol. The first-order chi connectivity index (χ1) is 14.9. The molecule has 1 aliphatic heterocycles. The number of alkyl halides is 3. The van der Waals surface area contributed by atoms with E-state index in [9.17, 15) is 18.0 Å². The minimum absolute atomic E-state index is 0.0299. The van der Waals surface area contributed by atoms with Crippen molar-refractivity contribution in [2.45, 2.75) is 71.1 Å². The molecule has 4 atom stereocenters. The molecule has 2 aliphatic carbocycles. The molecule has 3 fully saturated rings. The maximum absolute atomic E-state index is 13.4. The zero-order chi connectivity index (χ0) is 23.3. The smallest absolute Gasteiger partial charge is 0.356 e. The van der Waals surface area contributed by atoms with Crippen LogP contribution in [0.2, 0.25) is 0 Å². The van der Waals surface area contributed by atoms with Crippen molar-refractivity contribution in [3.05, 3.63) is 23.9 Å². The second-order valence-electron chi connectivity index (χ2n) is 11.2. The van der Waals surface area contributed by atoms with Gasteiger partial charge in [0.05, 0.1) is 6.04 Å². The summed E-state index contributed by atoms with van der Waals surface area (Å²) in [6.45, 7) is 8.35. The van der Waals surface area contributed by atoms with Crippen LogP contribution in [0, 0.1) is 23.2 Å². The maximum atomic E-state index is 13.4. The molecule has 32 heavy (non-hydrogen) atoms. The first-order valence-electron chi connectivity index (χ1n) is 11.8. The lowest BCUT2D eigenvalue weighted by molar-refractivity contribution is -0.141. The van der Waals surface area contributed by atoms with Crippen LogP contribution >= 0.6 is 0 Å². The fraction of sp³-hybridized carbons (Fsp3) is 0.750. The van der Waals surface area contributed by atoms with Gasteiger partial charge in [-0.05, 0) is 61.5 Å². The molecular formula is C24H35F3N4O. The van der Waals surface area contributed by atoms with Gasteiger partial charge in [-0.1, -0.05) is 26.8 Å². The van der Waals surface area contributed by atoms with Gasteiger partial charge < -0.3 is 15.5 Å². The van der Waals surface area contributed by atoms with Crippen LogP contribution in [0.15, 0.2) is 18.2 Å². The molecule has 2 N–H and O–H groups in total. The number of hydrogen-bond donors (Lipinski definition) is 1. The molecule has 2 heterocycles. The lowest BCUT2D eigenvalue weighted by atomic mass is 9.87. The summed E-state index contributed by atoms with van der Waals surface area (Å²) < 4.78 is 39.4. The summed E-state index contributed by atoms with van der Waals surface area (Å²) in [5, 5.41) is 0. The lowest BCUT2D eigenvalue weighted by Gasteiger charge is -2.36. The van der Waals surface area contributed by atoms with E-state index in [1.54, 1.807) is 6.07 Å². The number of pyridine rings is 1. The largest absolute Gasteiger partial charge is 0.433 e. The molecule has 178 valence electrons. The number of aromatic nitrogens is 1. The molecule has 1 saturated heterocycles. The lowest BCUT2D eigenvalue weighted by Crippen LogP contribution is -2.52. The number of fused-ring (bicyclic) bond motifs is 1. The van der Waals surface area contributed by atoms with Gasteiger partial charge in [-0.2, -0.15) is 13.2 Å². The zero-order valence-electron chi connectivity index (χ0n) is 19.2. The third-order valence-electron chi connectivity index (χ3n) is 7.15. The summed E-state index contributed by atoms with van der Waals surface area (Å²) in [6, 6.07) is 3.67. The van der Waals surface area contributed by atoms with E-state index >= 15 is 0 Å². The number of nitrogens with two attached hydrogens (primary N) is 1. The average molecular weight is 453 g/mol. The maximum Gasteiger partial charge on any atom is 0.433 e. The fourth-order valence-electron chi connectivity index (χ4n) is 5.50. The highest BCUT2D eigenvalue weighted by atomic mass is 19.4. The molecule has 0 bridgehead atoms. The number of carbonyl (C=O) groups excluding carboxylic acids is 1. The Balaban J connectivity index is 1.50. The van der Waals surface area contributed by atoms with Gasteiger partial charge in [0.2, 0.25) is 5.91 Å². The van der Waals surface area contributed by atoms with Crippen molar-refractivity contribution in [2.75, 3.05) is 24.5 Å². The van der Waals surface area contributed by atoms with Crippen LogP contribution in [0.5, 0.6) is 0 Å². The normalized spacial score (nSPS) is 26.8. The van der Waals surface area contributed by atoms with Gasteiger partial charge in [-0.15, -0.1) is 0 Å². The summed E-state index contributed by atoms with van der Waals surface area (Å²) in [5.74, 6) is 1.58. The van der Waals surface area contributed by atoms with Crippen LogP contribution < -0.4 is 10.6 Å². The van der Waals surface area contributed by atoms with Crippen molar-refractivity contribution in [3.63, 3.8) is 0 Å². The Morgan fingerprint density at radius 1 is 1.19 bits per heavy atom. The Bertz CT molecular complexity index is 833. The van der Waals surface area contributed by atoms with Crippen LogP contribution in [0.1, 0.15) is 58.6 Å². The van der Waals surface area contributed by atoms with E-state index in [1.165, 1.54) is 6.07 Å². The van der Waals surface area contributed by atoms with Crippen LogP contribution in [-0.4, -0.2) is 47.5 Å². The van der Waals surface area contributed by atoms with Crippen molar-refractivity contribution in [3.8, 4) is 0 Å². The van der Waals surface area contributed by atoms with Gasteiger partial charge in [0.25, 0.3) is 0 Å². The first-order valence-corrected chi connectivity index (χ1v) is 11.8. The Hall–Kier alpha value is -1.83. The molecule has 2 saturated carbocycles. The Kier molecular flexibility index (Phi) is 6.20. The minimum Gasteiger partial charge on any atom is -0.356 e. The molecule has 0 radical (unpaired) electrons. The van der Waals surface area contributed by atoms with Crippen molar-refractivity contribution in [1.82, 2.24) is 9.88 Å². The molecule has 0 aromatic carbocycles. The summed E-state index contributed by atoms with van der Waals surface area (Å²) >= 11 is 0. The number of carbonyl (C=O) groups is 1. The molecule has 1 aromatic heterocycles. The Labute approximate surface area is 188 Å². The van der Waals surface area contributed by atoms with E-state index in [0.29, 0.717) is 37.2 Å². The van der Waals surface area contributed by atoms with Crippen molar-refractivity contribution in [2.24, 2.45) is 28.9 Å². The van der Waals surface area contributed by atoms with Crippen molar-refractivity contribution in [1.29, 1.82) is 0 Å². The molecule has 4 rings (SSSR count). The summed E-state index contributed by atoms with van der Waals surface area (Å²) in [6.07, 6.45) is 0.408. The molecule has 0 unspecified atom stereocenters. The topological polar surface area (TPSA) is 62.5 Å². The quantitative estimate of drug-likeness (QED) is 0.698. The van der Waals surface area contributed by atoms with E-state index in [4.69, 9.17) is 5.73 Å². The standard InChI is InChI=1S/C24H35F3N4O/c1-23(2,3)11-18(28)22(32)31(12-15-7-8-15)19-10-9-16-13-30(14-17(16)19)21-6-4-5-20(29-21)24(25,26)27/h4-6,15-19H,7-14,28H2,1-3H3/t16-,17+,18+,19+/m1/s1. The highest BCUT2D eigenvalue weighted by Gasteiger charge is 2.48. The van der Waals surface area contributed by atoms with Gasteiger partial charge in [0.15, 0.2) is 0 Å². The van der Waals surface area contributed by atoms with E-state index in [-0.39, 0.29) is 23.3 Å². The van der Waals surface area contributed by atoms with E-state index < -0.39 is 17.9 Å². The van der Waals surface area contributed by atoms with E-state index in [0.717, 1.165) is 38.3 Å². The highest BCUT2D eigenvalue weighted by Crippen LogP contribution is 2.44. The molecule has 1 amide bonds. The number of hydrogen-bond acceptors (Lipinski definition) is 4. The number of rotatable bonds is 6. The minimum atomic E-state index is -4.45. The molecule has 3 aliphatic rings. The third-order valence-corrected chi connectivity index (χ3v) is 7.15. The van der Waals surface area contributed by atoms with Crippen LogP contribution in [-0.2, 0) is 11.0 Å². The van der Waals surface area contributed by atoms with Gasteiger partial charge in [-0.25, -0.2) is 4.98 Å². The van der Waals surface area contributed by atoms with Crippen LogP contribution in [0.4, 0.5) is 19.0 Å². The van der Waals surface area contributed by atoms with E-state index in [1.807, 2.05) is 9.80 Å². The number of amides is 1. The molecule has 0 spiro atoms. The highest BCUT2D eigenvalue weighted by molar-refractivity contribution is 5.82. The average Bonchev–Trinajstić information content (AvgIpc) is 3.28. The third kappa shape index (κ3) is 5.21. The summed E-state index contributed by atoms with van der Waals surface area (Å²) in [4.78, 5) is 21.3. The zero-order valence-corrected chi connectivity index (χ0v) is 19.2. The molecule has 8 heteroatoms. The summed E-state index contributed by atoms with van der Waals surface area (Å²) in [7, 11) is 0. The molecule has 1 aromatic rings. The molecule has 5 nitrogen and oxygen atoms in total. The van der Waals surface area contributed by atoms with Gasteiger partial charge in [-0.3, -0.25) is 4.79 Å². The SMILES string of the molecule is CC(C)(C)C[C@H](N)C(=O)N(CC1CC1)[C@H]1CC[C@@H]2CN(c3cccc(C(F)(F)F)n3)C[C@@H]21.